The van der Waals surface area contributed by atoms with Crippen LogP contribution in [0.4, 0.5) is 16.3 Å². The quantitative estimate of drug-likeness (QED) is 0.394. The zero-order valence-electron chi connectivity index (χ0n) is 18.0. The van der Waals surface area contributed by atoms with Crippen LogP contribution >= 0.6 is 0 Å². The molecular formula is C22H25FN8O2. The van der Waals surface area contributed by atoms with Crippen LogP contribution in [0, 0.1) is 0 Å². The van der Waals surface area contributed by atoms with Crippen LogP contribution in [0.2, 0.25) is 0 Å². The molecule has 0 saturated carbocycles. The second-order valence-electron chi connectivity index (χ2n) is 7.89. The molecule has 1 fully saturated rings. The van der Waals surface area contributed by atoms with Crippen LogP contribution in [0.1, 0.15) is 12.0 Å². The normalized spacial score (nSPS) is 16.5. The number of nitrogens with one attached hydrogen (secondary N) is 1. The van der Waals surface area contributed by atoms with Crippen LogP contribution < -0.4 is 15.8 Å². The van der Waals surface area contributed by atoms with Gasteiger partial charge in [0.1, 0.15) is 18.5 Å². The number of aromatic nitrogens is 5. The first kappa shape index (κ1) is 21.1. The minimum Gasteiger partial charge on any atom is -0.492 e. The standard InChI is InChI=1S/C22H25FN8O2/c23-16-8-10-30(14-16)11-13-32-17-5-3-15(4-6-17)7-9-25-21-27-20(24)31-22(28-21)26-19(29-31)18-2-1-12-33-18/h1-6,12,16H,7-11,13-14H2,(H3,24,25,26,27,28,29). The molecule has 1 unspecified atom stereocenters. The van der Waals surface area contributed by atoms with Crippen LogP contribution in [0.5, 0.6) is 5.75 Å². The zero-order valence-corrected chi connectivity index (χ0v) is 18.0. The largest absolute Gasteiger partial charge is 0.492 e. The minimum absolute atomic E-state index is 0.185. The summed E-state index contributed by atoms with van der Waals surface area (Å²) in [6, 6.07) is 11.5. The molecule has 4 heterocycles. The molecule has 1 aliphatic heterocycles. The molecule has 0 spiro atoms. The third kappa shape index (κ3) is 5.03. The number of fused-ring (bicyclic) bond motifs is 1. The topological polar surface area (TPSA) is 120 Å². The van der Waals surface area contributed by atoms with Gasteiger partial charge in [0, 0.05) is 26.2 Å². The monoisotopic (exact) mass is 452 g/mol. The average molecular weight is 452 g/mol. The number of rotatable bonds is 9. The fraction of sp³-hybridized carbons (Fsp3) is 0.364. The second-order valence-corrected chi connectivity index (χ2v) is 7.89. The number of halogens is 1. The van der Waals surface area contributed by atoms with E-state index in [0.717, 1.165) is 30.8 Å². The Balaban J connectivity index is 1.12. The maximum absolute atomic E-state index is 13.2. The molecule has 0 aliphatic carbocycles. The number of nitrogen functional groups attached to an aromatic ring is 1. The number of benzene rings is 1. The fourth-order valence-corrected chi connectivity index (χ4v) is 3.75. The van der Waals surface area contributed by atoms with Crippen molar-refractivity contribution in [3.05, 3.63) is 48.2 Å². The zero-order chi connectivity index (χ0) is 22.6. The van der Waals surface area contributed by atoms with Gasteiger partial charge in [-0.15, -0.1) is 5.10 Å². The number of likely N-dealkylation sites (tertiary alicyclic amines) is 1. The van der Waals surface area contributed by atoms with E-state index in [1.165, 1.54) is 4.52 Å². The summed E-state index contributed by atoms with van der Waals surface area (Å²) in [4.78, 5) is 15.1. The lowest BCUT2D eigenvalue weighted by Crippen LogP contribution is -2.26. The van der Waals surface area contributed by atoms with Crippen molar-refractivity contribution in [3.8, 4) is 17.3 Å². The van der Waals surface area contributed by atoms with Gasteiger partial charge in [-0.3, -0.25) is 4.90 Å². The Morgan fingerprint density at radius 2 is 2.06 bits per heavy atom. The van der Waals surface area contributed by atoms with E-state index >= 15 is 0 Å². The molecule has 1 aliphatic rings. The van der Waals surface area contributed by atoms with Crippen molar-refractivity contribution >= 4 is 17.7 Å². The summed E-state index contributed by atoms with van der Waals surface area (Å²) < 4.78 is 25.7. The summed E-state index contributed by atoms with van der Waals surface area (Å²) >= 11 is 0. The van der Waals surface area contributed by atoms with Gasteiger partial charge in [-0.2, -0.15) is 19.5 Å². The number of nitrogens with two attached hydrogens (primary N) is 1. The highest BCUT2D eigenvalue weighted by molar-refractivity contribution is 5.52. The summed E-state index contributed by atoms with van der Waals surface area (Å²) in [5.74, 6) is 2.65. The van der Waals surface area contributed by atoms with Gasteiger partial charge in [0.25, 0.3) is 5.78 Å². The minimum atomic E-state index is -0.697. The van der Waals surface area contributed by atoms with Crippen LogP contribution in [0.25, 0.3) is 17.4 Å². The Labute approximate surface area is 189 Å². The van der Waals surface area contributed by atoms with Gasteiger partial charge in [-0.25, -0.2) is 4.39 Å². The van der Waals surface area contributed by atoms with Crippen LogP contribution in [-0.2, 0) is 6.42 Å². The molecule has 11 heteroatoms. The molecule has 0 bridgehead atoms. The molecule has 4 aromatic rings. The Bertz CT molecular complexity index is 1200. The van der Waals surface area contributed by atoms with E-state index in [0.29, 0.717) is 49.4 Å². The third-order valence-electron chi connectivity index (χ3n) is 5.49. The summed E-state index contributed by atoms with van der Waals surface area (Å²) in [7, 11) is 0. The highest BCUT2D eigenvalue weighted by atomic mass is 19.1. The summed E-state index contributed by atoms with van der Waals surface area (Å²) in [6.45, 7) is 3.24. The van der Waals surface area contributed by atoms with E-state index in [1.807, 2.05) is 24.3 Å². The number of alkyl halides is 1. The number of nitrogens with zero attached hydrogens (tertiary/aromatic N) is 6. The molecule has 1 atom stereocenters. The summed E-state index contributed by atoms with van der Waals surface area (Å²) in [5, 5.41) is 7.46. The second kappa shape index (κ2) is 9.41. The van der Waals surface area contributed by atoms with Crippen molar-refractivity contribution < 1.29 is 13.5 Å². The maximum atomic E-state index is 13.2. The number of ether oxygens (including phenoxy) is 1. The first-order chi connectivity index (χ1) is 16.1. The van der Waals surface area contributed by atoms with Gasteiger partial charge < -0.3 is 20.2 Å². The SMILES string of the molecule is Nc1nc(NCCc2ccc(OCCN3CCC(F)C3)cc2)nc2nc(-c3ccco3)nn12. The molecule has 5 rings (SSSR count). The van der Waals surface area contributed by atoms with Crippen LogP contribution in [-0.4, -0.2) is 68.4 Å². The first-order valence-electron chi connectivity index (χ1n) is 10.9. The third-order valence-corrected chi connectivity index (χ3v) is 5.49. The lowest BCUT2D eigenvalue weighted by Gasteiger charge is -2.15. The highest BCUT2D eigenvalue weighted by Gasteiger charge is 2.21. The predicted octanol–water partition coefficient (Wildman–Crippen LogP) is 2.44. The average Bonchev–Trinajstić information content (AvgIpc) is 3.56. The molecular weight excluding hydrogens is 427 g/mol. The Morgan fingerprint density at radius 1 is 1.18 bits per heavy atom. The smallest absolute Gasteiger partial charge is 0.259 e. The molecule has 0 amide bonds. The number of hydrogen-bond donors (Lipinski definition) is 2. The fourth-order valence-electron chi connectivity index (χ4n) is 3.75. The first-order valence-corrected chi connectivity index (χ1v) is 10.9. The number of furan rings is 1. The van der Waals surface area contributed by atoms with Crippen molar-refractivity contribution in [2.45, 2.75) is 19.0 Å². The predicted molar refractivity (Wildman–Crippen MR) is 121 cm³/mol. The Hall–Kier alpha value is -3.73. The van der Waals surface area contributed by atoms with Crippen molar-refractivity contribution in [1.29, 1.82) is 0 Å². The summed E-state index contributed by atoms with van der Waals surface area (Å²) in [6.07, 6.45) is 2.25. The van der Waals surface area contributed by atoms with Gasteiger partial charge in [0.2, 0.25) is 17.7 Å². The van der Waals surface area contributed by atoms with Gasteiger partial charge >= 0.3 is 0 Å². The summed E-state index contributed by atoms with van der Waals surface area (Å²) in [5.41, 5.74) is 7.16. The molecule has 0 radical (unpaired) electrons. The molecule has 10 nitrogen and oxygen atoms in total. The van der Waals surface area contributed by atoms with E-state index in [1.54, 1.807) is 18.4 Å². The highest BCUT2D eigenvalue weighted by Crippen LogP contribution is 2.18. The molecule has 3 aromatic heterocycles. The molecule has 1 aromatic carbocycles. The maximum Gasteiger partial charge on any atom is 0.259 e. The van der Waals surface area contributed by atoms with E-state index in [4.69, 9.17) is 14.9 Å². The lowest BCUT2D eigenvalue weighted by molar-refractivity contribution is 0.224. The molecule has 1 saturated heterocycles. The van der Waals surface area contributed by atoms with Gasteiger partial charge in [-0.1, -0.05) is 12.1 Å². The van der Waals surface area contributed by atoms with Gasteiger partial charge in [-0.05, 0) is 42.7 Å². The van der Waals surface area contributed by atoms with Crippen molar-refractivity contribution in [2.24, 2.45) is 0 Å². The van der Waals surface area contributed by atoms with Crippen molar-refractivity contribution in [3.63, 3.8) is 0 Å². The van der Waals surface area contributed by atoms with Crippen molar-refractivity contribution in [2.75, 3.05) is 43.8 Å². The van der Waals surface area contributed by atoms with Crippen molar-refractivity contribution in [1.82, 2.24) is 29.5 Å². The van der Waals surface area contributed by atoms with E-state index < -0.39 is 6.17 Å². The van der Waals surface area contributed by atoms with Gasteiger partial charge in [0.05, 0.1) is 6.26 Å². The molecule has 3 N–H and O–H groups in total. The van der Waals surface area contributed by atoms with Gasteiger partial charge in [0.15, 0.2) is 5.76 Å². The number of hydrogen-bond acceptors (Lipinski definition) is 9. The van der Waals surface area contributed by atoms with Crippen LogP contribution in [0.15, 0.2) is 47.1 Å². The Kier molecular flexibility index (Phi) is 6.03. The Morgan fingerprint density at radius 3 is 2.82 bits per heavy atom. The van der Waals surface area contributed by atoms with E-state index in [-0.39, 0.29) is 5.95 Å². The van der Waals surface area contributed by atoms with Crippen LogP contribution in [0.3, 0.4) is 0 Å². The van der Waals surface area contributed by atoms with E-state index in [2.05, 4.69) is 30.3 Å². The molecule has 33 heavy (non-hydrogen) atoms. The van der Waals surface area contributed by atoms with E-state index in [9.17, 15) is 4.39 Å². The molecule has 172 valence electrons. The number of anilines is 2. The lowest BCUT2D eigenvalue weighted by atomic mass is 10.1.